The molecule has 0 saturated carbocycles. The van der Waals surface area contributed by atoms with E-state index in [-0.39, 0.29) is 17.3 Å². The molecule has 0 fully saturated rings. The van der Waals surface area contributed by atoms with Crippen LogP contribution in [0.4, 0.5) is 0 Å². The number of carbonyl (C=O) groups is 1. The Labute approximate surface area is 168 Å². The van der Waals surface area contributed by atoms with Gasteiger partial charge in [0.1, 0.15) is 5.60 Å². The molecule has 0 saturated heterocycles. The van der Waals surface area contributed by atoms with E-state index in [1.54, 1.807) is 4.57 Å². The van der Waals surface area contributed by atoms with Gasteiger partial charge in [-0.05, 0) is 45.2 Å². The normalized spacial score (nSPS) is 12.2. The average molecular weight is 403 g/mol. The van der Waals surface area contributed by atoms with Crippen LogP contribution in [0.2, 0.25) is 0 Å². The minimum atomic E-state index is -0.533. The van der Waals surface area contributed by atoms with Crippen LogP contribution < -0.4 is 5.56 Å². The molecular weight excluding hydrogens is 376 g/mol. The summed E-state index contributed by atoms with van der Waals surface area (Å²) in [6, 6.07) is 7.41. The van der Waals surface area contributed by atoms with Crippen LogP contribution in [-0.4, -0.2) is 36.5 Å². The molecule has 0 spiro atoms. The first-order valence-corrected chi connectivity index (χ1v) is 10.4. The lowest BCUT2D eigenvalue weighted by Gasteiger charge is -2.19. The summed E-state index contributed by atoms with van der Waals surface area (Å²) in [6.45, 7) is 10.3. The van der Waals surface area contributed by atoms with E-state index in [4.69, 9.17) is 4.74 Å². The fourth-order valence-electron chi connectivity index (χ4n) is 2.91. The fraction of sp³-hybridized carbons (Fsp3) is 0.500. The van der Waals surface area contributed by atoms with E-state index < -0.39 is 5.60 Å². The molecule has 2 aromatic heterocycles. The van der Waals surface area contributed by atoms with E-state index in [1.807, 2.05) is 49.4 Å². The van der Waals surface area contributed by atoms with Crippen molar-refractivity contribution in [3.63, 3.8) is 0 Å². The smallest absolute Gasteiger partial charge is 0.316 e. The van der Waals surface area contributed by atoms with E-state index in [9.17, 15) is 9.59 Å². The number of thioether (sulfide) groups is 1. The van der Waals surface area contributed by atoms with Gasteiger partial charge in [0.05, 0.1) is 16.7 Å². The molecule has 0 aliphatic heterocycles. The number of aromatic nitrogens is 4. The first-order valence-electron chi connectivity index (χ1n) is 9.38. The van der Waals surface area contributed by atoms with Gasteiger partial charge in [-0.25, -0.2) is 0 Å². The minimum absolute atomic E-state index is 0.0696. The molecule has 8 heteroatoms. The highest BCUT2D eigenvalue weighted by molar-refractivity contribution is 7.99. The van der Waals surface area contributed by atoms with Crippen LogP contribution in [-0.2, 0) is 16.1 Å². The highest BCUT2D eigenvalue weighted by Crippen LogP contribution is 2.22. The van der Waals surface area contributed by atoms with E-state index in [0.29, 0.717) is 28.8 Å². The quantitative estimate of drug-likeness (QED) is 0.464. The summed E-state index contributed by atoms with van der Waals surface area (Å²) < 4.78 is 8.90. The zero-order valence-corrected chi connectivity index (χ0v) is 17.7. The lowest BCUT2D eigenvalue weighted by Crippen LogP contribution is -2.25. The zero-order chi connectivity index (χ0) is 20.5. The second-order valence-electron chi connectivity index (χ2n) is 8.15. The maximum absolute atomic E-state index is 13.0. The van der Waals surface area contributed by atoms with Crippen molar-refractivity contribution in [2.24, 2.45) is 5.92 Å². The highest BCUT2D eigenvalue weighted by atomic mass is 32.2. The molecule has 0 bridgehead atoms. The number of aryl methyl sites for hydroxylation is 1. The number of carbonyl (C=O) groups excluding carboxylic acids is 1. The number of benzene rings is 1. The molecule has 0 aliphatic carbocycles. The molecule has 7 nitrogen and oxygen atoms in total. The Morgan fingerprint density at radius 1 is 1.21 bits per heavy atom. The number of esters is 1. The number of hydrogen-bond donors (Lipinski definition) is 0. The van der Waals surface area contributed by atoms with Crippen molar-refractivity contribution < 1.29 is 9.53 Å². The molecule has 0 unspecified atom stereocenters. The van der Waals surface area contributed by atoms with E-state index in [0.717, 1.165) is 11.9 Å². The maximum Gasteiger partial charge on any atom is 0.316 e. The summed E-state index contributed by atoms with van der Waals surface area (Å²) in [5, 5.41) is 9.69. The Hall–Kier alpha value is -2.35. The molecule has 3 rings (SSSR count). The number of hydrogen-bond acceptors (Lipinski definition) is 6. The van der Waals surface area contributed by atoms with Gasteiger partial charge >= 0.3 is 5.97 Å². The van der Waals surface area contributed by atoms with Gasteiger partial charge in [0.25, 0.3) is 5.56 Å². The lowest BCUT2D eigenvalue weighted by molar-refractivity contribution is -0.151. The van der Waals surface area contributed by atoms with Gasteiger partial charge in [-0.15, -0.1) is 10.2 Å². The van der Waals surface area contributed by atoms with Crippen LogP contribution in [0.1, 0.15) is 41.0 Å². The van der Waals surface area contributed by atoms with Gasteiger partial charge in [-0.3, -0.25) is 18.6 Å². The molecule has 1 aromatic carbocycles. The van der Waals surface area contributed by atoms with Gasteiger partial charge in [0, 0.05) is 6.54 Å². The maximum atomic E-state index is 13.0. The molecule has 0 aliphatic rings. The Morgan fingerprint density at radius 2 is 1.93 bits per heavy atom. The zero-order valence-electron chi connectivity index (χ0n) is 16.9. The van der Waals surface area contributed by atoms with Crippen molar-refractivity contribution in [1.82, 2.24) is 19.2 Å². The van der Waals surface area contributed by atoms with E-state index in [2.05, 4.69) is 24.0 Å². The largest absolute Gasteiger partial charge is 0.459 e. The average Bonchev–Trinajstić information content (AvgIpc) is 3.02. The molecule has 0 amide bonds. The summed E-state index contributed by atoms with van der Waals surface area (Å²) in [6.07, 6.45) is 0.862. The lowest BCUT2D eigenvalue weighted by atomic mass is 10.1. The van der Waals surface area contributed by atoms with Crippen LogP contribution in [0.15, 0.2) is 34.2 Å². The predicted octanol–water partition coefficient (Wildman–Crippen LogP) is 3.52. The van der Waals surface area contributed by atoms with E-state index >= 15 is 0 Å². The SMILES string of the molecule is CC(C)CCn1c(=O)c2ccccc2n2c(SCC(=O)OC(C)(C)C)nnc12. The third kappa shape index (κ3) is 4.38. The van der Waals surface area contributed by atoms with Gasteiger partial charge < -0.3 is 4.74 Å². The Kier molecular flexibility index (Phi) is 5.79. The van der Waals surface area contributed by atoms with Crippen LogP contribution in [0.5, 0.6) is 0 Å². The number of fused-ring (bicyclic) bond motifs is 3. The molecular formula is C20H26N4O3S. The van der Waals surface area contributed by atoms with Crippen LogP contribution in [0, 0.1) is 5.92 Å². The van der Waals surface area contributed by atoms with Crippen molar-refractivity contribution in [1.29, 1.82) is 0 Å². The van der Waals surface area contributed by atoms with Crippen molar-refractivity contribution in [3.05, 3.63) is 34.6 Å². The molecule has 0 radical (unpaired) electrons. The molecule has 150 valence electrons. The van der Waals surface area contributed by atoms with Crippen molar-refractivity contribution in [2.75, 3.05) is 5.75 Å². The summed E-state index contributed by atoms with van der Waals surface area (Å²) in [5.41, 5.74) is 0.133. The van der Waals surface area contributed by atoms with Crippen LogP contribution in [0.25, 0.3) is 16.7 Å². The highest BCUT2D eigenvalue weighted by Gasteiger charge is 2.20. The molecule has 28 heavy (non-hydrogen) atoms. The van der Waals surface area contributed by atoms with Crippen molar-refractivity contribution in [3.8, 4) is 0 Å². The topological polar surface area (TPSA) is 78.5 Å². The summed E-state index contributed by atoms with van der Waals surface area (Å²) in [7, 11) is 0. The molecule has 2 heterocycles. The number of para-hydroxylation sites is 1. The first kappa shape index (κ1) is 20.4. The third-order valence-corrected chi connectivity index (χ3v) is 5.05. The standard InChI is InChI=1S/C20H26N4O3S/c1-13(2)10-11-23-17(26)14-8-6-7-9-15(14)24-18(23)21-22-19(24)28-12-16(25)27-20(3,4)5/h6-9,13H,10-12H2,1-5H3. The number of rotatable bonds is 6. The van der Waals surface area contributed by atoms with Gasteiger partial charge in [-0.2, -0.15) is 0 Å². The number of ether oxygens (including phenoxy) is 1. The summed E-state index contributed by atoms with van der Waals surface area (Å²) in [4.78, 5) is 25.1. The second-order valence-corrected chi connectivity index (χ2v) is 9.09. The van der Waals surface area contributed by atoms with Crippen LogP contribution >= 0.6 is 11.8 Å². The molecule has 0 atom stereocenters. The Morgan fingerprint density at radius 3 is 2.61 bits per heavy atom. The van der Waals surface area contributed by atoms with Crippen molar-refractivity contribution in [2.45, 2.75) is 58.3 Å². The fourth-order valence-corrected chi connectivity index (χ4v) is 3.62. The monoisotopic (exact) mass is 402 g/mol. The molecule has 0 N–H and O–H groups in total. The summed E-state index contributed by atoms with van der Waals surface area (Å²) >= 11 is 1.26. The first-order chi connectivity index (χ1) is 13.2. The predicted molar refractivity (Wildman–Crippen MR) is 111 cm³/mol. The molecule has 3 aromatic rings. The third-order valence-electron chi connectivity index (χ3n) is 4.15. The Balaban J connectivity index is 2.04. The second kappa shape index (κ2) is 7.95. The van der Waals surface area contributed by atoms with Gasteiger partial charge in [-0.1, -0.05) is 37.7 Å². The number of nitrogens with zero attached hydrogens (tertiary/aromatic N) is 4. The van der Waals surface area contributed by atoms with Crippen molar-refractivity contribution >= 4 is 34.4 Å². The Bertz CT molecular complexity index is 1060. The van der Waals surface area contributed by atoms with Gasteiger partial charge in [0.2, 0.25) is 5.78 Å². The minimum Gasteiger partial charge on any atom is -0.459 e. The van der Waals surface area contributed by atoms with Crippen LogP contribution in [0.3, 0.4) is 0 Å². The van der Waals surface area contributed by atoms with E-state index in [1.165, 1.54) is 11.8 Å². The van der Waals surface area contributed by atoms with Gasteiger partial charge in [0.15, 0.2) is 5.16 Å². The summed E-state index contributed by atoms with van der Waals surface area (Å²) in [5.74, 6) is 0.766.